The number of hydrogen-bond acceptors (Lipinski definition) is 3. The largest absolute Gasteiger partial charge is 0.497 e. The van der Waals surface area contributed by atoms with Crippen LogP contribution >= 0.6 is 0 Å². The Kier molecular flexibility index (Phi) is 5.76. The van der Waals surface area contributed by atoms with Gasteiger partial charge in [-0.25, -0.2) is 4.79 Å². The highest BCUT2D eigenvalue weighted by atomic mass is 16.5. The van der Waals surface area contributed by atoms with E-state index < -0.39 is 0 Å². The number of urea groups is 1. The third-order valence-corrected chi connectivity index (χ3v) is 5.01. The van der Waals surface area contributed by atoms with Gasteiger partial charge in [0.2, 0.25) is 0 Å². The average Bonchev–Trinajstić information content (AvgIpc) is 2.66. The molecule has 2 amide bonds. The quantitative estimate of drug-likeness (QED) is 0.781. The summed E-state index contributed by atoms with van der Waals surface area (Å²) in [5.74, 6) is 1.24. The molecular formula is C20H26N2O3. The van der Waals surface area contributed by atoms with Gasteiger partial charge in [-0.1, -0.05) is 18.2 Å². The van der Waals surface area contributed by atoms with Gasteiger partial charge in [0, 0.05) is 19.2 Å². The Morgan fingerprint density at radius 1 is 1.12 bits per heavy atom. The molecule has 0 atom stereocenters. The minimum atomic E-state index is -0.123. The highest BCUT2D eigenvalue weighted by Gasteiger charge is 2.21. The molecule has 0 radical (unpaired) electrons. The number of carbonyl (C=O) groups excluding carboxylic acids is 1. The van der Waals surface area contributed by atoms with E-state index in [4.69, 9.17) is 9.84 Å². The summed E-state index contributed by atoms with van der Waals surface area (Å²) in [6.07, 6.45) is 3.85. The van der Waals surface area contributed by atoms with Gasteiger partial charge in [-0.15, -0.1) is 0 Å². The van der Waals surface area contributed by atoms with Crippen LogP contribution in [0.5, 0.6) is 5.75 Å². The molecule has 0 aliphatic heterocycles. The van der Waals surface area contributed by atoms with E-state index in [1.807, 2.05) is 30.3 Å². The van der Waals surface area contributed by atoms with Crippen LogP contribution in [-0.4, -0.2) is 30.9 Å². The van der Waals surface area contributed by atoms with Crippen LogP contribution in [0.3, 0.4) is 0 Å². The number of amides is 2. The first-order chi connectivity index (χ1) is 12.2. The first-order valence-electron chi connectivity index (χ1n) is 8.90. The summed E-state index contributed by atoms with van der Waals surface area (Å²) in [6.45, 7) is 0.756. The van der Waals surface area contributed by atoms with Gasteiger partial charge in [0.15, 0.2) is 0 Å². The van der Waals surface area contributed by atoms with Crippen molar-refractivity contribution >= 4 is 16.8 Å². The second-order valence-electron chi connectivity index (χ2n) is 6.77. The van der Waals surface area contributed by atoms with Crippen molar-refractivity contribution in [3.05, 3.63) is 42.0 Å². The Morgan fingerprint density at radius 3 is 2.56 bits per heavy atom. The van der Waals surface area contributed by atoms with Crippen molar-refractivity contribution in [2.24, 2.45) is 5.92 Å². The lowest BCUT2D eigenvalue weighted by atomic mass is 9.87. The zero-order valence-corrected chi connectivity index (χ0v) is 14.6. The normalized spacial score (nSPS) is 20.2. The van der Waals surface area contributed by atoms with Crippen LogP contribution in [0.25, 0.3) is 10.8 Å². The molecule has 1 aliphatic carbocycles. The Hall–Kier alpha value is -2.27. The van der Waals surface area contributed by atoms with Crippen molar-refractivity contribution in [1.82, 2.24) is 10.6 Å². The maximum absolute atomic E-state index is 12.1. The Morgan fingerprint density at radius 2 is 1.84 bits per heavy atom. The number of aliphatic hydroxyl groups excluding tert-OH is 1. The molecule has 1 saturated carbocycles. The summed E-state index contributed by atoms with van der Waals surface area (Å²) in [6, 6.07) is 12.2. The number of fused-ring (bicyclic) bond motifs is 1. The summed E-state index contributed by atoms with van der Waals surface area (Å²) in [5, 5.41) is 17.4. The average molecular weight is 342 g/mol. The van der Waals surface area contributed by atoms with Crippen molar-refractivity contribution in [1.29, 1.82) is 0 Å². The van der Waals surface area contributed by atoms with Crippen molar-refractivity contribution in [2.45, 2.75) is 38.3 Å². The molecule has 5 heteroatoms. The fourth-order valence-corrected chi connectivity index (χ4v) is 3.42. The molecule has 2 aromatic carbocycles. The lowest BCUT2D eigenvalue weighted by Crippen LogP contribution is -2.43. The second kappa shape index (κ2) is 8.21. The molecule has 5 nitrogen and oxygen atoms in total. The standard InChI is InChI=1S/C20H26N2O3/c1-25-19-9-6-16-10-15(2-5-17(16)11-19)12-21-20(24)22-18-7-3-14(13-23)4-8-18/h2,5-6,9-11,14,18,23H,3-4,7-8,12-13H2,1H3,(H2,21,22,24). The predicted octanol–water partition coefficient (Wildman–Crippen LogP) is 3.20. The lowest BCUT2D eigenvalue weighted by molar-refractivity contribution is 0.174. The maximum Gasteiger partial charge on any atom is 0.315 e. The van der Waals surface area contributed by atoms with Crippen LogP contribution in [0.1, 0.15) is 31.2 Å². The molecule has 0 unspecified atom stereocenters. The van der Waals surface area contributed by atoms with Gasteiger partial charge in [-0.2, -0.15) is 0 Å². The molecule has 0 heterocycles. The van der Waals surface area contributed by atoms with Gasteiger partial charge in [0.1, 0.15) is 5.75 Å². The molecule has 134 valence electrons. The first kappa shape index (κ1) is 17.5. The van der Waals surface area contributed by atoms with Crippen molar-refractivity contribution < 1.29 is 14.6 Å². The number of benzene rings is 2. The van der Waals surface area contributed by atoms with E-state index in [-0.39, 0.29) is 18.7 Å². The highest BCUT2D eigenvalue weighted by molar-refractivity contribution is 5.84. The van der Waals surface area contributed by atoms with E-state index in [1.165, 1.54) is 0 Å². The fraction of sp³-hybridized carbons (Fsp3) is 0.450. The van der Waals surface area contributed by atoms with Gasteiger partial charge < -0.3 is 20.5 Å². The van der Waals surface area contributed by atoms with Crippen molar-refractivity contribution in [2.75, 3.05) is 13.7 Å². The van der Waals surface area contributed by atoms with Crippen molar-refractivity contribution in [3.63, 3.8) is 0 Å². The lowest BCUT2D eigenvalue weighted by Gasteiger charge is -2.27. The van der Waals surface area contributed by atoms with Crippen LogP contribution in [-0.2, 0) is 6.54 Å². The minimum absolute atomic E-state index is 0.123. The van der Waals surface area contributed by atoms with E-state index in [2.05, 4.69) is 16.7 Å². The summed E-state index contributed by atoms with van der Waals surface area (Å²) in [4.78, 5) is 12.1. The number of ether oxygens (including phenoxy) is 1. The van der Waals surface area contributed by atoms with Crippen LogP contribution in [0.4, 0.5) is 4.79 Å². The number of aliphatic hydroxyl groups is 1. The highest BCUT2D eigenvalue weighted by Crippen LogP contribution is 2.24. The number of methoxy groups -OCH3 is 1. The first-order valence-corrected chi connectivity index (χ1v) is 8.90. The molecule has 0 saturated heterocycles. The molecular weight excluding hydrogens is 316 g/mol. The Balaban J connectivity index is 1.51. The monoisotopic (exact) mass is 342 g/mol. The van der Waals surface area contributed by atoms with Gasteiger partial charge in [0.25, 0.3) is 0 Å². The molecule has 0 aromatic heterocycles. The van der Waals surface area contributed by atoms with Crippen LogP contribution in [0.2, 0.25) is 0 Å². The molecule has 0 bridgehead atoms. The number of hydrogen-bond donors (Lipinski definition) is 3. The molecule has 25 heavy (non-hydrogen) atoms. The number of rotatable bonds is 5. The summed E-state index contributed by atoms with van der Waals surface area (Å²) < 4.78 is 5.24. The fourth-order valence-electron chi connectivity index (χ4n) is 3.42. The maximum atomic E-state index is 12.1. The predicted molar refractivity (Wildman–Crippen MR) is 98.7 cm³/mol. The smallest absolute Gasteiger partial charge is 0.315 e. The molecule has 3 rings (SSSR count). The van der Waals surface area contributed by atoms with E-state index >= 15 is 0 Å². The summed E-state index contributed by atoms with van der Waals surface area (Å²) in [5.41, 5.74) is 1.07. The third-order valence-electron chi connectivity index (χ3n) is 5.01. The zero-order valence-electron chi connectivity index (χ0n) is 14.6. The van der Waals surface area contributed by atoms with E-state index in [9.17, 15) is 4.79 Å². The van der Waals surface area contributed by atoms with E-state index in [0.29, 0.717) is 12.5 Å². The zero-order chi connectivity index (χ0) is 17.6. The Bertz CT molecular complexity index is 724. The summed E-state index contributed by atoms with van der Waals surface area (Å²) in [7, 11) is 1.66. The van der Waals surface area contributed by atoms with Gasteiger partial charge in [-0.05, 0) is 66.1 Å². The molecule has 0 spiro atoms. The molecule has 3 N–H and O–H groups in total. The Labute approximate surface area is 148 Å². The van der Waals surface area contributed by atoms with Crippen LogP contribution in [0.15, 0.2) is 36.4 Å². The van der Waals surface area contributed by atoms with Gasteiger partial charge in [0.05, 0.1) is 7.11 Å². The SMILES string of the molecule is COc1ccc2cc(CNC(=O)NC3CCC(CO)CC3)ccc2c1. The number of nitrogens with one attached hydrogen (secondary N) is 2. The van der Waals surface area contributed by atoms with Crippen molar-refractivity contribution in [3.8, 4) is 5.75 Å². The molecule has 2 aromatic rings. The van der Waals surface area contributed by atoms with Crippen LogP contribution in [0, 0.1) is 5.92 Å². The van der Waals surface area contributed by atoms with Gasteiger partial charge in [-0.3, -0.25) is 0 Å². The van der Waals surface area contributed by atoms with Crippen LogP contribution < -0.4 is 15.4 Å². The van der Waals surface area contributed by atoms with E-state index in [0.717, 1.165) is 47.8 Å². The second-order valence-corrected chi connectivity index (χ2v) is 6.77. The minimum Gasteiger partial charge on any atom is -0.497 e. The molecule has 1 fully saturated rings. The topological polar surface area (TPSA) is 70.6 Å². The van der Waals surface area contributed by atoms with Gasteiger partial charge >= 0.3 is 6.03 Å². The summed E-state index contributed by atoms with van der Waals surface area (Å²) >= 11 is 0. The number of carbonyl (C=O) groups is 1. The molecule has 1 aliphatic rings. The third kappa shape index (κ3) is 4.63. The van der Waals surface area contributed by atoms with E-state index in [1.54, 1.807) is 7.11 Å².